The van der Waals surface area contributed by atoms with E-state index < -0.39 is 0 Å². The number of hydrogen-bond donors (Lipinski definition) is 0. The van der Waals surface area contributed by atoms with Crippen LogP contribution in [0.3, 0.4) is 0 Å². The van der Waals surface area contributed by atoms with Gasteiger partial charge in [-0.05, 0) is 35.7 Å². The molecule has 1 aromatic carbocycles. The van der Waals surface area contributed by atoms with Crippen molar-refractivity contribution >= 4 is 23.2 Å². The molecule has 0 fully saturated rings. The van der Waals surface area contributed by atoms with Crippen LogP contribution in [0.4, 0.5) is 0 Å². The molecule has 0 aliphatic rings. The Hall–Kier alpha value is -1.12. The van der Waals surface area contributed by atoms with Crippen LogP contribution in [0.5, 0.6) is 5.75 Å². The maximum atomic E-state index is 6.32. The average molecular weight is 271 g/mol. The topological polar surface area (TPSA) is 22.4 Å². The van der Waals surface area contributed by atoms with E-state index >= 15 is 0 Å². The summed E-state index contributed by atoms with van der Waals surface area (Å²) in [4.78, 5) is 0. The zero-order chi connectivity index (χ0) is 12.3. The van der Waals surface area contributed by atoms with Crippen molar-refractivity contribution in [2.45, 2.75) is 11.8 Å². The van der Waals surface area contributed by atoms with Gasteiger partial charge in [-0.25, -0.2) is 0 Å². The molecule has 0 amide bonds. The van der Waals surface area contributed by atoms with E-state index in [2.05, 4.69) is 0 Å². The molecule has 0 N–H and O–H groups in total. The number of methoxy groups -OCH3 is 1. The monoisotopic (exact) mass is 270 g/mol. The van der Waals surface area contributed by atoms with Crippen LogP contribution in [0.15, 0.2) is 41.0 Å². The molecule has 0 bridgehead atoms. The second-order valence-corrected chi connectivity index (χ2v) is 4.50. The zero-order valence-corrected chi connectivity index (χ0v) is 10.8. The van der Waals surface area contributed by atoms with E-state index in [1.54, 1.807) is 13.2 Å². The van der Waals surface area contributed by atoms with Crippen LogP contribution >= 0.6 is 23.2 Å². The Balaban J connectivity index is 2.18. The molecule has 90 valence electrons. The van der Waals surface area contributed by atoms with Gasteiger partial charge >= 0.3 is 0 Å². The summed E-state index contributed by atoms with van der Waals surface area (Å²) in [5, 5.41) is 0.123. The highest BCUT2D eigenvalue weighted by molar-refractivity contribution is 6.31. The quantitative estimate of drug-likeness (QED) is 0.766. The van der Waals surface area contributed by atoms with Gasteiger partial charge in [0.1, 0.15) is 5.75 Å². The van der Waals surface area contributed by atoms with Crippen molar-refractivity contribution in [3.05, 3.63) is 52.9 Å². The molecular weight excluding hydrogens is 259 g/mol. The average Bonchev–Trinajstić information content (AvgIpc) is 2.76. The third-order valence-corrected chi connectivity index (χ3v) is 3.27. The second kappa shape index (κ2) is 5.48. The number of furan rings is 1. The largest absolute Gasteiger partial charge is 0.496 e. The van der Waals surface area contributed by atoms with Crippen LogP contribution in [0.25, 0.3) is 0 Å². The van der Waals surface area contributed by atoms with Crippen LogP contribution in [0, 0.1) is 0 Å². The van der Waals surface area contributed by atoms with Crippen molar-refractivity contribution in [1.82, 2.24) is 0 Å². The number of para-hydroxylation sites is 1. The van der Waals surface area contributed by atoms with E-state index in [0.29, 0.717) is 11.6 Å². The summed E-state index contributed by atoms with van der Waals surface area (Å²) < 4.78 is 10.3. The Morgan fingerprint density at radius 3 is 2.71 bits per heavy atom. The number of hydrogen-bond acceptors (Lipinski definition) is 2. The molecule has 2 nitrogen and oxygen atoms in total. The number of alkyl halides is 1. The van der Waals surface area contributed by atoms with E-state index in [9.17, 15) is 0 Å². The van der Waals surface area contributed by atoms with Gasteiger partial charge in [0.25, 0.3) is 0 Å². The Kier molecular flexibility index (Phi) is 3.97. The lowest BCUT2D eigenvalue weighted by molar-refractivity contribution is 0.409. The molecular formula is C13H12Cl2O2. The van der Waals surface area contributed by atoms with E-state index in [4.69, 9.17) is 32.4 Å². The minimum Gasteiger partial charge on any atom is -0.496 e. The zero-order valence-electron chi connectivity index (χ0n) is 9.32. The van der Waals surface area contributed by atoms with E-state index in [1.807, 2.05) is 24.3 Å². The fourth-order valence-corrected chi connectivity index (χ4v) is 2.34. The predicted molar refractivity (Wildman–Crippen MR) is 69.0 cm³/mol. The molecule has 2 aromatic rings. The molecule has 0 spiro atoms. The van der Waals surface area contributed by atoms with Crippen molar-refractivity contribution in [2.24, 2.45) is 0 Å². The highest BCUT2D eigenvalue weighted by atomic mass is 35.5. The van der Waals surface area contributed by atoms with Gasteiger partial charge in [-0.15, -0.1) is 11.6 Å². The SMILES string of the molecule is COc1ccccc1CC(Cl)c1ccoc1Cl. The molecule has 0 aliphatic carbocycles. The lowest BCUT2D eigenvalue weighted by Crippen LogP contribution is -1.98. The van der Waals surface area contributed by atoms with Crippen molar-refractivity contribution in [2.75, 3.05) is 7.11 Å². The first kappa shape index (κ1) is 12.3. The number of rotatable bonds is 4. The van der Waals surface area contributed by atoms with E-state index in [1.165, 1.54) is 6.26 Å². The van der Waals surface area contributed by atoms with Gasteiger partial charge in [0, 0.05) is 5.56 Å². The molecule has 4 heteroatoms. The van der Waals surface area contributed by atoms with E-state index in [0.717, 1.165) is 16.9 Å². The Morgan fingerprint density at radius 2 is 2.06 bits per heavy atom. The van der Waals surface area contributed by atoms with Crippen molar-refractivity contribution in [3.8, 4) is 5.75 Å². The molecule has 0 saturated carbocycles. The molecule has 1 heterocycles. The van der Waals surface area contributed by atoms with Crippen molar-refractivity contribution in [3.63, 3.8) is 0 Å². The van der Waals surface area contributed by atoms with Gasteiger partial charge in [-0.3, -0.25) is 0 Å². The first-order chi connectivity index (χ1) is 8.22. The molecule has 17 heavy (non-hydrogen) atoms. The molecule has 1 aromatic heterocycles. The highest BCUT2D eigenvalue weighted by Crippen LogP contribution is 2.33. The lowest BCUT2D eigenvalue weighted by atomic mass is 10.1. The van der Waals surface area contributed by atoms with Crippen molar-refractivity contribution in [1.29, 1.82) is 0 Å². The summed E-state index contributed by atoms with van der Waals surface area (Å²) in [5.41, 5.74) is 1.85. The van der Waals surface area contributed by atoms with Gasteiger partial charge in [0.05, 0.1) is 18.8 Å². The molecule has 1 unspecified atom stereocenters. The Bertz CT molecular complexity index is 494. The highest BCUT2D eigenvalue weighted by Gasteiger charge is 2.16. The van der Waals surface area contributed by atoms with Gasteiger partial charge < -0.3 is 9.15 Å². The van der Waals surface area contributed by atoms with Crippen LogP contribution in [0.2, 0.25) is 5.22 Å². The fraction of sp³-hybridized carbons (Fsp3) is 0.231. The summed E-state index contributed by atoms with van der Waals surface area (Å²) in [7, 11) is 1.65. The summed E-state index contributed by atoms with van der Waals surface area (Å²) >= 11 is 12.2. The number of ether oxygens (including phenoxy) is 1. The predicted octanol–water partition coefficient (Wildman–Crippen LogP) is 4.46. The fourth-order valence-electron chi connectivity index (χ4n) is 1.70. The molecule has 0 radical (unpaired) electrons. The van der Waals surface area contributed by atoms with Gasteiger partial charge in [0.15, 0.2) is 5.22 Å². The Labute approximate surface area is 110 Å². The third-order valence-electron chi connectivity index (χ3n) is 2.58. The third kappa shape index (κ3) is 2.76. The minimum atomic E-state index is -0.224. The lowest BCUT2D eigenvalue weighted by Gasteiger charge is -2.11. The van der Waals surface area contributed by atoms with Crippen LogP contribution in [0.1, 0.15) is 16.5 Å². The summed E-state index contributed by atoms with van der Waals surface area (Å²) in [5.74, 6) is 0.831. The first-order valence-corrected chi connectivity index (χ1v) is 6.02. The van der Waals surface area contributed by atoms with Crippen LogP contribution in [-0.4, -0.2) is 7.11 Å². The summed E-state index contributed by atoms with van der Waals surface area (Å²) in [6.07, 6.45) is 2.18. The van der Waals surface area contributed by atoms with Gasteiger partial charge in [-0.1, -0.05) is 18.2 Å². The summed E-state index contributed by atoms with van der Waals surface area (Å²) in [6.45, 7) is 0. The van der Waals surface area contributed by atoms with Gasteiger partial charge in [0.2, 0.25) is 0 Å². The van der Waals surface area contributed by atoms with E-state index in [-0.39, 0.29) is 5.38 Å². The summed E-state index contributed by atoms with van der Waals surface area (Å²) in [6, 6.07) is 9.57. The minimum absolute atomic E-state index is 0.224. The Morgan fingerprint density at radius 1 is 1.29 bits per heavy atom. The smallest absolute Gasteiger partial charge is 0.197 e. The maximum absolute atomic E-state index is 6.32. The molecule has 1 atom stereocenters. The van der Waals surface area contributed by atoms with Crippen LogP contribution < -0.4 is 4.74 Å². The van der Waals surface area contributed by atoms with Crippen LogP contribution in [-0.2, 0) is 6.42 Å². The second-order valence-electron chi connectivity index (χ2n) is 3.63. The molecule has 0 saturated heterocycles. The van der Waals surface area contributed by atoms with Crippen molar-refractivity contribution < 1.29 is 9.15 Å². The molecule has 2 rings (SSSR count). The first-order valence-electron chi connectivity index (χ1n) is 5.21. The molecule has 0 aliphatic heterocycles. The normalized spacial score (nSPS) is 12.4. The number of halogens is 2. The van der Waals surface area contributed by atoms with Gasteiger partial charge in [-0.2, -0.15) is 0 Å². The maximum Gasteiger partial charge on any atom is 0.197 e. The standard InChI is InChI=1S/C13H12Cl2O2/c1-16-12-5-3-2-4-9(12)8-11(14)10-6-7-17-13(10)15/h2-7,11H,8H2,1H3. The number of benzene rings is 1.